The van der Waals surface area contributed by atoms with Crippen molar-refractivity contribution in [2.24, 2.45) is 0 Å². The highest BCUT2D eigenvalue weighted by atomic mass is 35.5. The van der Waals surface area contributed by atoms with Gasteiger partial charge in [-0.2, -0.15) is 0 Å². The molecule has 0 radical (unpaired) electrons. The molecule has 0 atom stereocenters. The molecule has 0 bridgehead atoms. The van der Waals surface area contributed by atoms with Gasteiger partial charge in [0.15, 0.2) is 0 Å². The fourth-order valence-corrected chi connectivity index (χ4v) is 2.48. The Bertz CT molecular complexity index is 419. The number of ether oxygens (including phenoxy) is 1. The SMILES string of the molecule is CCCN(CC(=O)OCC)C(=O)c1ccc(Cl)s1. The van der Waals surface area contributed by atoms with Gasteiger partial charge in [-0.3, -0.25) is 9.59 Å². The van der Waals surface area contributed by atoms with Crippen LogP contribution in [-0.4, -0.2) is 36.5 Å². The van der Waals surface area contributed by atoms with Gasteiger partial charge in [0, 0.05) is 6.54 Å². The first-order chi connectivity index (χ1) is 8.58. The summed E-state index contributed by atoms with van der Waals surface area (Å²) < 4.78 is 5.42. The number of halogens is 1. The number of carbonyl (C=O) groups is 2. The normalized spacial score (nSPS) is 10.2. The van der Waals surface area contributed by atoms with E-state index >= 15 is 0 Å². The van der Waals surface area contributed by atoms with Crippen molar-refractivity contribution in [3.8, 4) is 0 Å². The molecule has 0 aliphatic carbocycles. The Hall–Kier alpha value is -1.07. The van der Waals surface area contributed by atoms with Crippen molar-refractivity contribution < 1.29 is 14.3 Å². The Labute approximate surface area is 115 Å². The second-order valence-corrected chi connectivity index (χ2v) is 5.35. The van der Waals surface area contributed by atoms with Crippen LogP contribution in [0.2, 0.25) is 4.34 Å². The van der Waals surface area contributed by atoms with E-state index in [1.807, 2.05) is 6.92 Å². The first-order valence-electron chi connectivity index (χ1n) is 5.78. The lowest BCUT2D eigenvalue weighted by Crippen LogP contribution is -2.36. The summed E-state index contributed by atoms with van der Waals surface area (Å²) >= 11 is 7.01. The quantitative estimate of drug-likeness (QED) is 0.757. The van der Waals surface area contributed by atoms with Crippen LogP contribution in [0.5, 0.6) is 0 Å². The van der Waals surface area contributed by atoms with Gasteiger partial charge in [0.2, 0.25) is 0 Å². The number of esters is 1. The van der Waals surface area contributed by atoms with Gasteiger partial charge in [0.1, 0.15) is 6.54 Å². The van der Waals surface area contributed by atoms with Gasteiger partial charge >= 0.3 is 5.97 Å². The molecule has 0 aromatic carbocycles. The Morgan fingerprint density at radius 2 is 2.11 bits per heavy atom. The number of nitrogens with zero attached hydrogens (tertiary/aromatic N) is 1. The van der Waals surface area contributed by atoms with Crippen molar-refractivity contribution in [2.45, 2.75) is 20.3 Å². The van der Waals surface area contributed by atoms with E-state index < -0.39 is 0 Å². The maximum Gasteiger partial charge on any atom is 0.325 e. The van der Waals surface area contributed by atoms with E-state index in [9.17, 15) is 9.59 Å². The largest absolute Gasteiger partial charge is 0.465 e. The highest BCUT2D eigenvalue weighted by Gasteiger charge is 2.20. The topological polar surface area (TPSA) is 46.6 Å². The highest BCUT2D eigenvalue weighted by Crippen LogP contribution is 2.22. The zero-order valence-corrected chi connectivity index (χ0v) is 12.0. The number of hydrogen-bond donors (Lipinski definition) is 0. The maximum absolute atomic E-state index is 12.2. The average molecular weight is 290 g/mol. The van der Waals surface area contributed by atoms with Crippen molar-refractivity contribution in [1.29, 1.82) is 0 Å². The van der Waals surface area contributed by atoms with Crippen LogP contribution in [0.1, 0.15) is 29.9 Å². The van der Waals surface area contributed by atoms with Crippen LogP contribution in [-0.2, 0) is 9.53 Å². The van der Waals surface area contributed by atoms with Crippen LogP contribution in [0.4, 0.5) is 0 Å². The minimum Gasteiger partial charge on any atom is -0.465 e. The summed E-state index contributed by atoms with van der Waals surface area (Å²) in [5.74, 6) is -0.566. The minimum atomic E-state index is -0.387. The van der Waals surface area contributed by atoms with Gasteiger partial charge in [0.05, 0.1) is 15.8 Å². The second kappa shape index (κ2) is 7.38. The third-order valence-electron chi connectivity index (χ3n) is 2.19. The predicted octanol–water partition coefficient (Wildman–Crippen LogP) is 2.82. The Morgan fingerprint density at radius 3 is 2.61 bits per heavy atom. The highest BCUT2D eigenvalue weighted by molar-refractivity contribution is 7.17. The molecule has 4 nitrogen and oxygen atoms in total. The van der Waals surface area contributed by atoms with Crippen LogP contribution >= 0.6 is 22.9 Å². The molecule has 0 saturated heterocycles. The molecule has 0 N–H and O–H groups in total. The monoisotopic (exact) mass is 289 g/mol. The standard InChI is InChI=1S/C12H16ClNO3S/c1-3-7-14(8-11(15)17-4-2)12(16)9-5-6-10(13)18-9/h5-6H,3-4,7-8H2,1-2H3. The molecule has 1 aromatic rings. The summed E-state index contributed by atoms with van der Waals surface area (Å²) in [4.78, 5) is 25.6. The summed E-state index contributed by atoms with van der Waals surface area (Å²) in [5.41, 5.74) is 0. The summed E-state index contributed by atoms with van der Waals surface area (Å²) in [5, 5.41) is 0. The maximum atomic E-state index is 12.2. The summed E-state index contributed by atoms with van der Waals surface area (Å²) in [6.07, 6.45) is 0.782. The number of carbonyl (C=O) groups excluding carboxylic acids is 2. The molecule has 0 aliphatic rings. The summed E-state index contributed by atoms with van der Waals surface area (Å²) in [6, 6.07) is 3.34. The lowest BCUT2D eigenvalue weighted by atomic mass is 10.3. The third kappa shape index (κ3) is 4.31. The van der Waals surface area contributed by atoms with Crippen molar-refractivity contribution in [3.63, 3.8) is 0 Å². The molecule has 100 valence electrons. The zero-order chi connectivity index (χ0) is 13.5. The third-order valence-corrected chi connectivity index (χ3v) is 3.41. The van der Waals surface area contributed by atoms with Crippen molar-refractivity contribution in [3.05, 3.63) is 21.3 Å². The molecule has 1 heterocycles. The molecule has 6 heteroatoms. The van der Waals surface area contributed by atoms with E-state index in [0.29, 0.717) is 22.4 Å². The first kappa shape index (κ1) is 15.0. The van der Waals surface area contributed by atoms with Gasteiger partial charge in [-0.05, 0) is 25.5 Å². The van der Waals surface area contributed by atoms with E-state index in [4.69, 9.17) is 16.3 Å². The van der Waals surface area contributed by atoms with Gasteiger partial charge < -0.3 is 9.64 Å². The zero-order valence-electron chi connectivity index (χ0n) is 10.4. The van der Waals surface area contributed by atoms with Crippen LogP contribution in [0.25, 0.3) is 0 Å². The lowest BCUT2D eigenvalue weighted by Gasteiger charge is -2.20. The predicted molar refractivity (Wildman–Crippen MR) is 72.2 cm³/mol. The van der Waals surface area contributed by atoms with E-state index in [1.54, 1.807) is 19.1 Å². The fourth-order valence-electron chi connectivity index (χ4n) is 1.47. The molecular formula is C12H16ClNO3S. The molecule has 0 fully saturated rings. The van der Waals surface area contributed by atoms with Crippen molar-refractivity contribution in [1.82, 2.24) is 4.90 Å². The molecule has 1 amide bonds. The van der Waals surface area contributed by atoms with E-state index in [0.717, 1.165) is 6.42 Å². The number of hydrogen-bond acceptors (Lipinski definition) is 4. The van der Waals surface area contributed by atoms with Crippen molar-refractivity contribution in [2.75, 3.05) is 19.7 Å². The molecule has 0 spiro atoms. The molecule has 0 saturated carbocycles. The van der Waals surface area contributed by atoms with Gasteiger partial charge in [-0.1, -0.05) is 18.5 Å². The average Bonchev–Trinajstić information content (AvgIpc) is 2.75. The van der Waals surface area contributed by atoms with Gasteiger partial charge in [0.25, 0.3) is 5.91 Å². The number of amides is 1. The Kier molecular flexibility index (Phi) is 6.15. The Morgan fingerprint density at radius 1 is 1.39 bits per heavy atom. The van der Waals surface area contributed by atoms with E-state index in [-0.39, 0.29) is 18.4 Å². The molecule has 1 rings (SSSR count). The van der Waals surface area contributed by atoms with Crippen LogP contribution < -0.4 is 0 Å². The van der Waals surface area contributed by atoms with E-state index in [2.05, 4.69) is 0 Å². The molecule has 0 unspecified atom stereocenters. The molecule has 18 heavy (non-hydrogen) atoms. The summed E-state index contributed by atoms with van der Waals surface area (Å²) in [6.45, 7) is 4.51. The van der Waals surface area contributed by atoms with Crippen molar-refractivity contribution >= 4 is 34.8 Å². The minimum absolute atomic E-state index is 0.0178. The number of thiophene rings is 1. The molecule has 0 aliphatic heterocycles. The van der Waals surface area contributed by atoms with E-state index in [1.165, 1.54) is 16.2 Å². The van der Waals surface area contributed by atoms with Crippen LogP contribution in [0.15, 0.2) is 12.1 Å². The fraction of sp³-hybridized carbons (Fsp3) is 0.500. The van der Waals surface area contributed by atoms with Gasteiger partial charge in [-0.25, -0.2) is 0 Å². The van der Waals surface area contributed by atoms with Crippen LogP contribution in [0.3, 0.4) is 0 Å². The molecular weight excluding hydrogens is 274 g/mol. The Balaban J connectivity index is 2.71. The lowest BCUT2D eigenvalue weighted by molar-refractivity contribution is -0.143. The molecule has 1 aromatic heterocycles. The van der Waals surface area contributed by atoms with Gasteiger partial charge in [-0.15, -0.1) is 11.3 Å². The summed E-state index contributed by atoms with van der Waals surface area (Å²) in [7, 11) is 0. The number of rotatable bonds is 6. The second-order valence-electron chi connectivity index (χ2n) is 3.64. The first-order valence-corrected chi connectivity index (χ1v) is 6.98. The smallest absolute Gasteiger partial charge is 0.325 e. The van der Waals surface area contributed by atoms with Crippen LogP contribution in [0, 0.1) is 0 Å².